The first kappa shape index (κ1) is 21.0. The van der Waals surface area contributed by atoms with Gasteiger partial charge in [0.2, 0.25) is 11.9 Å². The van der Waals surface area contributed by atoms with Crippen molar-refractivity contribution in [3.8, 4) is 0 Å². The van der Waals surface area contributed by atoms with Crippen molar-refractivity contribution in [3.05, 3.63) is 52.7 Å². The van der Waals surface area contributed by atoms with Crippen LogP contribution in [0.1, 0.15) is 36.1 Å². The van der Waals surface area contributed by atoms with Gasteiger partial charge in [0.15, 0.2) is 5.82 Å². The number of fused-ring (bicyclic) bond motifs is 1. The molecule has 1 amide bonds. The lowest BCUT2D eigenvalue weighted by atomic mass is 10.2. The molecule has 10 heteroatoms. The molecule has 1 aliphatic heterocycles. The lowest BCUT2D eigenvalue weighted by Gasteiger charge is -2.27. The zero-order valence-corrected chi connectivity index (χ0v) is 18.4. The van der Waals surface area contributed by atoms with E-state index in [1.54, 1.807) is 18.5 Å². The molecule has 4 heterocycles. The quantitative estimate of drug-likeness (QED) is 0.587. The molecule has 31 heavy (non-hydrogen) atoms. The molecule has 0 radical (unpaired) electrons. The van der Waals surface area contributed by atoms with Gasteiger partial charge >= 0.3 is 0 Å². The number of carbonyl (C=O) groups excluding carboxylic acids is 1. The molecule has 0 saturated heterocycles. The van der Waals surface area contributed by atoms with Crippen LogP contribution in [-0.4, -0.2) is 44.2 Å². The number of amides is 1. The van der Waals surface area contributed by atoms with Gasteiger partial charge < -0.3 is 15.5 Å². The van der Waals surface area contributed by atoms with Gasteiger partial charge in [-0.15, -0.1) is 0 Å². The van der Waals surface area contributed by atoms with Gasteiger partial charge in [-0.3, -0.25) is 9.48 Å². The van der Waals surface area contributed by atoms with E-state index in [1.807, 2.05) is 35.8 Å². The third-order valence-corrected chi connectivity index (χ3v) is 4.93. The Bertz CT molecular complexity index is 1060. The number of carbonyl (C=O) groups is 1. The molecular formula is C21H25ClN8O. The maximum absolute atomic E-state index is 11.7. The van der Waals surface area contributed by atoms with E-state index in [1.165, 1.54) is 19.3 Å². The summed E-state index contributed by atoms with van der Waals surface area (Å²) in [4.78, 5) is 26.5. The van der Waals surface area contributed by atoms with Crippen molar-refractivity contribution >= 4 is 35.0 Å². The van der Waals surface area contributed by atoms with Crippen LogP contribution in [0.5, 0.6) is 0 Å². The topological polar surface area (TPSA) is 101 Å². The van der Waals surface area contributed by atoms with Crippen LogP contribution in [-0.2, 0) is 17.9 Å². The monoisotopic (exact) mass is 440 g/mol. The second-order valence-corrected chi connectivity index (χ2v) is 8.07. The first-order valence-corrected chi connectivity index (χ1v) is 10.6. The van der Waals surface area contributed by atoms with E-state index in [4.69, 9.17) is 11.6 Å². The van der Waals surface area contributed by atoms with Crippen LogP contribution in [0, 0.1) is 6.92 Å². The Morgan fingerprint density at radius 1 is 1.16 bits per heavy atom. The molecule has 0 aromatic carbocycles. The maximum atomic E-state index is 11.7. The fourth-order valence-corrected chi connectivity index (χ4v) is 3.09. The highest BCUT2D eigenvalue weighted by atomic mass is 35.5. The van der Waals surface area contributed by atoms with Gasteiger partial charge in [-0.05, 0) is 18.6 Å². The normalized spacial score (nSPS) is 14.3. The Morgan fingerprint density at radius 3 is 2.68 bits per heavy atom. The highest BCUT2D eigenvalue weighted by Crippen LogP contribution is 2.29. The number of nitrogens with one attached hydrogen (secondary N) is 2. The minimum absolute atomic E-state index is 0.0642. The van der Waals surface area contributed by atoms with E-state index in [0.717, 1.165) is 16.8 Å². The van der Waals surface area contributed by atoms with E-state index in [-0.39, 0.29) is 12.5 Å². The molecule has 1 saturated carbocycles. The van der Waals surface area contributed by atoms with Crippen LogP contribution in [0.15, 0.2) is 30.7 Å². The number of pyridine rings is 1. The van der Waals surface area contributed by atoms with E-state index < -0.39 is 0 Å². The third-order valence-electron chi connectivity index (χ3n) is 4.70. The lowest BCUT2D eigenvalue weighted by Crippen LogP contribution is -2.36. The Morgan fingerprint density at radius 2 is 1.97 bits per heavy atom. The molecule has 1 fully saturated rings. The van der Waals surface area contributed by atoms with Crippen LogP contribution >= 0.6 is 11.6 Å². The Labute approximate surface area is 185 Å². The van der Waals surface area contributed by atoms with E-state index in [2.05, 4.69) is 30.7 Å². The summed E-state index contributed by atoms with van der Waals surface area (Å²) in [6, 6.07) is 3.69. The van der Waals surface area contributed by atoms with Crippen molar-refractivity contribution < 1.29 is 4.79 Å². The van der Waals surface area contributed by atoms with Gasteiger partial charge in [0.1, 0.15) is 10.8 Å². The van der Waals surface area contributed by atoms with E-state index in [9.17, 15) is 4.79 Å². The Hall–Kier alpha value is -3.20. The van der Waals surface area contributed by atoms with E-state index in [0.29, 0.717) is 35.7 Å². The van der Waals surface area contributed by atoms with Crippen LogP contribution in [0.4, 0.5) is 17.5 Å². The molecule has 3 aromatic heterocycles. The molecular weight excluding hydrogens is 416 g/mol. The van der Waals surface area contributed by atoms with Gasteiger partial charge in [0, 0.05) is 31.5 Å². The van der Waals surface area contributed by atoms with Crippen molar-refractivity contribution in [1.82, 2.24) is 24.7 Å². The Kier molecular flexibility index (Phi) is 6.31. The summed E-state index contributed by atoms with van der Waals surface area (Å²) in [5.74, 6) is 1.15. The number of hydrogen-bond acceptors (Lipinski definition) is 7. The summed E-state index contributed by atoms with van der Waals surface area (Å²) < 4.78 is 1.84. The molecule has 0 bridgehead atoms. The van der Waals surface area contributed by atoms with Crippen molar-refractivity contribution in [2.75, 3.05) is 29.1 Å². The standard InChI is InChI=1S/C18H19ClN8O.C3H6/c1-11-16-17(26(2)10-15(28)24-16)25-18(23-11)21-6-13-7-22-27(9-13)8-12-3-4-14(19)20-5-12;1-2-3-1/h3-5,7,9H,6,8,10H2,1-2H3,(H,24,28)(H,21,23,25);1-3H2. The number of aromatic nitrogens is 5. The average molecular weight is 441 g/mol. The predicted octanol–water partition coefficient (Wildman–Crippen LogP) is 3.25. The van der Waals surface area contributed by atoms with Gasteiger partial charge in [0.25, 0.3) is 0 Å². The highest BCUT2D eigenvalue weighted by molar-refractivity contribution is 6.29. The number of likely N-dealkylation sites (N-methyl/N-ethyl adjacent to an activating group) is 1. The van der Waals surface area contributed by atoms with Gasteiger partial charge in [-0.2, -0.15) is 10.1 Å². The predicted molar refractivity (Wildman–Crippen MR) is 120 cm³/mol. The summed E-state index contributed by atoms with van der Waals surface area (Å²) in [6.07, 6.45) is 9.99. The summed E-state index contributed by atoms with van der Waals surface area (Å²) in [5.41, 5.74) is 3.40. The molecule has 0 spiro atoms. The second kappa shape index (κ2) is 9.30. The van der Waals surface area contributed by atoms with Gasteiger partial charge in [-0.25, -0.2) is 9.97 Å². The molecule has 2 aliphatic rings. The first-order valence-electron chi connectivity index (χ1n) is 10.2. The van der Waals surface area contributed by atoms with Crippen molar-refractivity contribution in [1.29, 1.82) is 0 Å². The smallest absolute Gasteiger partial charge is 0.244 e. The number of nitrogens with zero attached hydrogens (tertiary/aromatic N) is 6. The third kappa shape index (κ3) is 5.69. The second-order valence-electron chi connectivity index (χ2n) is 7.69. The number of aryl methyl sites for hydroxylation is 1. The number of hydrogen-bond donors (Lipinski definition) is 2. The minimum Gasteiger partial charge on any atom is -0.350 e. The zero-order chi connectivity index (χ0) is 21.8. The lowest BCUT2D eigenvalue weighted by molar-refractivity contribution is -0.115. The van der Waals surface area contributed by atoms with Gasteiger partial charge in [-0.1, -0.05) is 36.9 Å². The number of rotatable bonds is 5. The summed E-state index contributed by atoms with van der Waals surface area (Å²) in [5, 5.41) is 10.9. The molecule has 3 aromatic rings. The van der Waals surface area contributed by atoms with E-state index >= 15 is 0 Å². The first-order chi connectivity index (χ1) is 15.0. The molecule has 9 nitrogen and oxygen atoms in total. The largest absolute Gasteiger partial charge is 0.350 e. The highest BCUT2D eigenvalue weighted by Gasteiger charge is 2.23. The SMILES string of the molecule is C1CC1.Cc1nc(NCc2cnn(Cc3ccc(Cl)nc3)c2)nc2c1NC(=O)CN2C. The van der Waals surface area contributed by atoms with Crippen LogP contribution in [0.25, 0.3) is 0 Å². The summed E-state index contributed by atoms with van der Waals surface area (Å²) >= 11 is 5.81. The maximum Gasteiger partial charge on any atom is 0.244 e. The van der Waals surface area contributed by atoms with Gasteiger partial charge in [0.05, 0.1) is 25.0 Å². The van der Waals surface area contributed by atoms with Crippen LogP contribution in [0.2, 0.25) is 5.15 Å². The zero-order valence-electron chi connectivity index (χ0n) is 17.6. The molecule has 5 rings (SSSR count). The van der Waals surface area contributed by atoms with Crippen LogP contribution in [0.3, 0.4) is 0 Å². The number of halogens is 1. The van der Waals surface area contributed by atoms with Crippen molar-refractivity contribution in [2.24, 2.45) is 0 Å². The van der Waals surface area contributed by atoms with Crippen LogP contribution < -0.4 is 15.5 Å². The summed E-state index contributed by atoms with van der Waals surface area (Å²) in [6.45, 7) is 3.27. The molecule has 1 aliphatic carbocycles. The van der Waals surface area contributed by atoms with Crippen molar-refractivity contribution in [2.45, 2.75) is 39.3 Å². The summed E-state index contributed by atoms with van der Waals surface area (Å²) in [7, 11) is 1.84. The number of anilines is 3. The fourth-order valence-electron chi connectivity index (χ4n) is 2.98. The molecule has 162 valence electrons. The minimum atomic E-state index is -0.0642. The average Bonchev–Trinajstić information content (AvgIpc) is 3.56. The molecule has 0 unspecified atom stereocenters. The molecule has 0 atom stereocenters. The fraction of sp³-hybridized carbons (Fsp3) is 0.381. The molecule has 2 N–H and O–H groups in total. The van der Waals surface area contributed by atoms with Crippen molar-refractivity contribution in [3.63, 3.8) is 0 Å². The Balaban J connectivity index is 0.000000710.